The van der Waals surface area contributed by atoms with Crippen molar-refractivity contribution in [2.45, 2.75) is 310 Å². The standard InChI is InChI=1S/2C28H57NO2.Ca/c2*1-3-5-7-9-11-13-15-17-19-21-25-29(27-23-24-28(30)31)26-22-20-18-16-14-12-10-8-6-4-2;/h2*3-27H2,1-2H3,(H,30,31);/q;;+2/p-2. The van der Waals surface area contributed by atoms with E-state index in [1.165, 1.54) is 257 Å². The molecule has 0 bridgehead atoms. The van der Waals surface area contributed by atoms with Crippen LogP contribution in [0.25, 0.3) is 0 Å². The first-order valence-corrected chi connectivity index (χ1v) is 28.2. The molecule has 0 saturated heterocycles. The van der Waals surface area contributed by atoms with E-state index in [0.717, 1.165) is 52.1 Å². The summed E-state index contributed by atoms with van der Waals surface area (Å²) in [6, 6.07) is 0. The number of carboxylic acids is 2. The van der Waals surface area contributed by atoms with Gasteiger partial charge in [-0.1, -0.05) is 259 Å². The predicted molar refractivity (Wildman–Crippen MR) is 274 cm³/mol. The fraction of sp³-hybridized carbons (Fsp3) is 0.964. The summed E-state index contributed by atoms with van der Waals surface area (Å²) in [6.07, 6.45) is 56.7. The Morgan fingerprint density at radius 1 is 0.254 bits per heavy atom. The predicted octanol–water partition coefficient (Wildman–Crippen LogP) is 14.9. The molecule has 372 valence electrons. The molecule has 0 heterocycles. The molecule has 63 heavy (non-hydrogen) atoms. The number of aliphatic carboxylic acids is 2. The molecule has 0 unspecified atom stereocenters. The number of hydrogen-bond acceptors (Lipinski definition) is 6. The van der Waals surface area contributed by atoms with Crippen molar-refractivity contribution < 1.29 is 19.8 Å². The number of unbranched alkanes of at least 4 members (excludes halogenated alkanes) is 36. The van der Waals surface area contributed by atoms with Crippen LogP contribution >= 0.6 is 0 Å². The maximum atomic E-state index is 10.7. The zero-order chi connectivity index (χ0) is 45.7. The van der Waals surface area contributed by atoms with Gasteiger partial charge in [-0.05, 0) is 90.6 Å². The summed E-state index contributed by atoms with van der Waals surface area (Å²) >= 11 is 0. The van der Waals surface area contributed by atoms with E-state index in [1.54, 1.807) is 0 Å². The Morgan fingerprint density at radius 3 is 0.556 bits per heavy atom. The van der Waals surface area contributed by atoms with Gasteiger partial charge < -0.3 is 29.6 Å². The van der Waals surface area contributed by atoms with Crippen molar-refractivity contribution in [3.8, 4) is 0 Å². The first-order chi connectivity index (χ1) is 30.4. The van der Waals surface area contributed by atoms with Crippen molar-refractivity contribution in [1.29, 1.82) is 0 Å². The van der Waals surface area contributed by atoms with Crippen LogP contribution in [0.15, 0.2) is 0 Å². The molecule has 0 radical (unpaired) electrons. The molecule has 0 rings (SSSR count). The molecule has 0 spiro atoms. The molecule has 0 aliphatic carbocycles. The fourth-order valence-corrected chi connectivity index (χ4v) is 8.86. The van der Waals surface area contributed by atoms with Crippen molar-refractivity contribution in [2.24, 2.45) is 0 Å². The Balaban J connectivity index is -0.00000112. The third-order valence-electron chi connectivity index (χ3n) is 13.0. The maximum absolute atomic E-state index is 10.7. The number of carboxylic acid groups (broad SMARTS) is 2. The summed E-state index contributed by atoms with van der Waals surface area (Å²) in [5, 5.41) is 21.5. The largest absolute Gasteiger partial charge is 2.00 e. The minimum absolute atomic E-state index is 0. The van der Waals surface area contributed by atoms with E-state index in [-0.39, 0.29) is 50.6 Å². The van der Waals surface area contributed by atoms with Gasteiger partial charge in [-0.2, -0.15) is 0 Å². The van der Waals surface area contributed by atoms with Gasteiger partial charge in [-0.25, -0.2) is 0 Å². The smallest absolute Gasteiger partial charge is 0.550 e. The molecule has 0 N–H and O–H groups in total. The van der Waals surface area contributed by atoms with Gasteiger partial charge in [0.1, 0.15) is 0 Å². The average molecular weight is 918 g/mol. The molecule has 0 atom stereocenters. The van der Waals surface area contributed by atoms with Gasteiger partial charge in [0.2, 0.25) is 0 Å². The van der Waals surface area contributed by atoms with Crippen LogP contribution < -0.4 is 10.2 Å². The first-order valence-electron chi connectivity index (χ1n) is 28.2. The minimum atomic E-state index is -0.905. The second-order valence-electron chi connectivity index (χ2n) is 19.4. The van der Waals surface area contributed by atoms with E-state index in [1.807, 2.05) is 0 Å². The zero-order valence-electron chi connectivity index (χ0n) is 43.6. The first kappa shape index (κ1) is 67.4. The molecule has 0 aliphatic rings. The molecule has 7 heteroatoms. The summed E-state index contributed by atoms with van der Waals surface area (Å²) in [7, 11) is 0. The molecule has 0 saturated carbocycles. The molecule has 0 aromatic heterocycles. The molecule has 0 aliphatic heterocycles. The van der Waals surface area contributed by atoms with E-state index < -0.39 is 11.9 Å². The van der Waals surface area contributed by atoms with Crippen LogP contribution in [0.5, 0.6) is 0 Å². The van der Waals surface area contributed by atoms with E-state index in [9.17, 15) is 19.8 Å². The summed E-state index contributed by atoms with van der Waals surface area (Å²) in [6.45, 7) is 15.5. The molecular weight excluding hydrogens is 805 g/mol. The van der Waals surface area contributed by atoms with Gasteiger partial charge in [0, 0.05) is 11.9 Å². The van der Waals surface area contributed by atoms with E-state index in [4.69, 9.17) is 0 Å². The summed E-state index contributed by atoms with van der Waals surface area (Å²) in [5.74, 6) is -1.81. The van der Waals surface area contributed by atoms with Crippen LogP contribution in [-0.4, -0.2) is 98.7 Å². The van der Waals surface area contributed by atoms with Crippen molar-refractivity contribution >= 4 is 49.7 Å². The summed E-state index contributed by atoms with van der Waals surface area (Å²) in [5.41, 5.74) is 0. The number of carbonyl (C=O) groups is 2. The SMILES string of the molecule is CCCCCCCCCCCCN(CCCCCCCCCCCC)CCCC(=O)[O-].CCCCCCCCCCCCN(CCCCCCCCCCCC)CCCC(=O)[O-].[Ca+2]. The molecule has 6 nitrogen and oxygen atoms in total. The fourth-order valence-electron chi connectivity index (χ4n) is 8.86. The molecular formula is C56H112CaN2O4. The zero-order valence-corrected chi connectivity index (χ0v) is 45.8. The van der Waals surface area contributed by atoms with Gasteiger partial charge in [-0.15, -0.1) is 0 Å². The number of hydrogen-bond donors (Lipinski definition) is 0. The molecule has 0 aromatic rings. The Bertz CT molecular complexity index is 745. The second-order valence-corrected chi connectivity index (χ2v) is 19.4. The topological polar surface area (TPSA) is 86.7 Å². The normalized spacial score (nSPS) is 11.3. The van der Waals surface area contributed by atoms with Crippen molar-refractivity contribution in [3.05, 3.63) is 0 Å². The monoisotopic (exact) mass is 917 g/mol. The average Bonchev–Trinajstić information content (AvgIpc) is 3.25. The van der Waals surface area contributed by atoms with Crippen LogP contribution in [0.1, 0.15) is 310 Å². The van der Waals surface area contributed by atoms with Crippen molar-refractivity contribution in [1.82, 2.24) is 9.80 Å². The quantitative estimate of drug-likeness (QED) is 0.0446. The Morgan fingerprint density at radius 2 is 0.397 bits per heavy atom. The Labute approximate surface area is 425 Å². The van der Waals surface area contributed by atoms with Gasteiger partial charge in [0.25, 0.3) is 0 Å². The number of carbonyl (C=O) groups excluding carboxylic acids is 2. The van der Waals surface area contributed by atoms with Crippen LogP contribution in [0, 0.1) is 0 Å². The van der Waals surface area contributed by atoms with Gasteiger partial charge >= 0.3 is 37.7 Å². The number of nitrogens with zero attached hydrogens (tertiary/aromatic N) is 2. The second kappa shape index (κ2) is 60.1. The van der Waals surface area contributed by atoms with Crippen LogP contribution in [0.4, 0.5) is 0 Å². The van der Waals surface area contributed by atoms with Crippen LogP contribution in [-0.2, 0) is 9.59 Å². The Kier molecular flexibility index (Phi) is 64.3. The van der Waals surface area contributed by atoms with Gasteiger partial charge in [-0.3, -0.25) is 0 Å². The maximum Gasteiger partial charge on any atom is 2.00 e. The van der Waals surface area contributed by atoms with E-state index in [0.29, 0.717) is 0 Å². The third-order valence-corrected chi connectivity index (χ3v) is 13.0. The summed E-state index contributed by atoms with van der Waals surface area (Å²) in [4.78, 5) is 26.5. The van der Waals surface area contributed by atoms with Gasteiger partial charge in [0.15, 0.2) is 0 Å². The van der Waals surface area contributed by atoms with E-state index >= 15 is 0 Å². The molecule has 0 amide bonds. The molecule has 0 fully saturated rings. The summed E-state index contributed by atoms with van der Waals surface area (Å²) < 4.78 is 0. The third kappa shape index (κ3) is 62.1. The number of rotatable bonds is 52. The van der Waals surface area contributed by atoms with Crippen LogP contribution in [0.2, 0.25) is 0 Å². The molecule has 0 aromatic carbocycles. The Hall–Kier alpha value is 0.120. The minimum Gasteiger partial charge on any atom is -0.550 e. The van der Waals surface area contributed by atoms with Gasteiger partial charge in [0.05, 0.1) is 0 Å². The van der Waals surface area contributed by atoms with Crippen molar-refractivity contribution in [2.75, 3.05) is 39.3 Å². The van der Waals surface area contributed by atoms with Crippen molar-refractivity contribution in [3.63, 3.8) is 0 Å². The van der Waals surface area contributed by atoms with Crippen LogP contribution in [0.3, 0.4) is 0 Å². The van der Waals surface area contributed by atoms with E-state index in [2.05, 4.69) is 37.5 Å².